The molecule has 0 atom stereocenters. The number of aryl methyl sites for hydroxylation is 3. The molecule has 2 N–H and O–H groups in total. The van der Waals surface area contributed by atoms with E-state index < -0.39 is 0 Å². The van der Waals surface area contributed by atoms with Crippen LogP contribution in [0.15, 0.2) is 35.1 Å². The van der Waals surface area contributed by atoms with Crippen LogP contribution < -0.4 is 16.2 Å². The van der Waals surface area contributed by atoms with Gasteiger partial charge in [-0.1, -0.05) is 0 Å². The van der Waals surface area contributed by atoms with E-state index in [4.69, 9.17) is 4.98 Å². The van der Waals surface area contributed by atoms with E-state index in [9.17, 15) is 14.4 Å². The highest BCUT2D eigenvalue weighted by atomic mass is 16.2. The first-order valence-electron chi connectivity index (χ1n) is 10.2. The van der Waals surface area contributed by atoms with Gasteiger partial charge in [-0.15, -0.1) is 0 Å². The smallest absolute Gasteiger partial charge is 0.258 e. The Morgan fingerprint density at radius 2 is 1.74 bits per heavy atom. The molecule has 2 heterocycles. The van der Waals surface area contributed by atoms with Gasteiger partial charge in [-0.2, -0.15) is 5.10 Å². The Balaban J connectivity index is 1.63. The van der Waals surface area contributed by atoms with Crippen molar-refractivity contribution in [2.24, 2.45) is 0 Å². The number of amides is 2. The maximum atomic E-state index is 13.2. The summed E-state index contributed by atoms with van der Waals surface area (Å²) in [7, 11) is 0. The SMILES string of the molecule is CC(=O)Nc1ccc(NC(=O)Cn2c(-n3nc(C)cc3C)nc3c(c2=O)CCC3)cc1. The summed E-state index contributed by atoms with van der Waals surface area (Å²) < 4.78 is 3.01. The van der Waals surface area contributed by atoms with E-state index in [2.05, 4.69) is 15.7 Å². The van der Waals surface area contributed by atoms with E-state index in [1.165, 1.54) is 11.5 Å². The lowest BCUT2D eigenvalue weighted by Crippen LogP contribution is -2.34. The van der Waals surface area contributed by atoms with Crippen LogP contribution >= 0.6 is 0 Å². The average molecular weight is 420 g/mol. The Morgan fingerprint density at radius 3 is 2.35 bits per heavy atom. The predicted octanol–water partition coefficient (Wildman–Crippen LogP) is 2.13. The first-order chi connectivity index (χ1) is 14.8. The van der Waals surface area contributed by atoms with Crippen LogP contribution in [0.25, 0.3) is 5.95 Å². The molecule has 9 nitrogen and oxygen atoms in total. The summed E-state index contributed by atoms with van der Waals surface area (Å²) in [4.78, 5) is 41.8. The fourth-order valence-corrected chi connectivity index (χ4v) is 3.84. The minimum atomic E-state index is -0.350. The molecule has 0 aliphatic heterocycles. The van der Waals surface area contributed by atoms with Crippen molar-refractivity contribution in [1.82, 2.24) is 19.3 Å². The molecule has 160 valence electrons. The molecule has 0 saturated carbocycles. The molecule has 1 aliphatic rings. The summed E-state index contributed by atoms with van der Waals surface area (Å²) in [5.74, 6) is -0.165. The fourth-order valence-electron chi connectivity index (χ4n) is 3.84. The van der Waals surface area contributed by atoms with Crippen LogP contribution in [0.3, 0.4) is 0 Å². The molecule has 2 amide bonds. The molecule has 0 radical (unpaired) electrons. The molecular weight excluding hydrogens is 396 g/mol. The van der Waals surface area contributed by atoms with E-state index in [1.807, 2.05) is 19.9 Å². The Morgan fingerprint density at radius 1 is 1.06 bits per heavy atom. The predicted molar refractivity (Wildman–Crippen MR) is 116 cm³/mol. The molecule has 0 fully saturated rings. The molecule has 0 unspecified atom stereocenters. The van der Waals surface area contributed by atoms with Crippen molar-refractivity contribution in [3.05, 3.63) is 63.3 Å². The van der Waals surface area contributed by atoms with E-state index in [1.54, 1.807) is 28.9 Å². The number of hydrogen-bond acceptors (Lipinski definition) is 5. The number of hydrogen-bond donors (Lipinski definition) is 2. The van der Waals surface area contributed by atoms with Crippen molar-refractivity contribution in [3.8, 4) is 5.95 Å². The number of benzene rings is 1. The van der Waals surface area contributed by atoms with Crippen LogP contribution in [0.1, 0.15) is 36.0 Å². The van der Waals surface area contributed by atoms with Crippen LogP contribution in [-0.2, 0) is 29.0 Å². The molecule has 4 rings (SSSR count). The Labute approximate surface area is 179 Å². The standard InChI is InChI=1S/C22H24N6O3/c1-13-11-14(2)28(26-13)22-25-19-6-4-5-18(19)21(31)27(22)12-20(30)24-17-9-7-16(8-10-17)23-15(3)29/h7-11H,4-6,12H2,1-3H3,(H,23,29)(H,24,30). The summed E-state index contributed by atoms with van der Waals surface area (Å²) in [6.45, 7) is 5.01. The van der Waals surface area contributed by atoms with Gasteiger partial charge in [0.15, 0.2) is 0 Å². The lowest BCUT2D eigenvalue weighted by Gasteiger charge is -2.15. The maximum absolute atomic E-state index is 13.2. The number of carbonyl (C=O) groups excluding carboxylic acids is 2. The van der Waals surface area contributed by atoms with Gasteiger partial charge < -0.3 is 10.6 Å². The molecule has 2 aromatic heterocycles. The Kier molecular flexibility index (Phi) is 5.41. The van der Waals surface area contributed by atoms with Crippen molar-refractivity contribution in [3.63, 3.8) is 0 Å². The van der Waals surface area contributed by atoms with Crippen molar-refractivity contribution >= 4 is 23.2 Å². The number of nitrogens with zero attached hydrogens (tertiary/aromatic N) is 4. The van der Waals surface area contributed by atoms with Gasteiger partial charge in [0.1, 0.15) is 6.54 Å². The van der Waals surface area contributed by atoms with Gasteiger partial charge in [0.25, 0.3) is 5.56 Å². The minimum Gasteiger partial charge on any atom is -0.326 e. The average Bonchev–Trinajstić information content (AvgIpc) is 3.31. The van der Waals surface area contributed by atoms with E-state index in [-0.39, 0.29) is 23.9 Å². The lowest BCUT2D eigenvalue weighted by atomic mass is 10.2. The summed E-state index contributed by atoms with van der Waals surface area (Å²) in [5, 5.41) is 9.93. The van der Waals surface area contributed by atoms with Crippen LogP contribution in [0.5, 0.6) is 0 Å². The fraction of sp³-hybridized carbons (Fsp3) is 0.318. The normalized spacial score (nSPS) is 12.5. The highest BCUT2D eigenvalue weighted by Gasteiger charge is 2.23. The number of carbonyl (C=O) groups is 2. The van der Waals surface area contributed by atoms with Crippen LogP contribution in [0.2, 0.25) is 0 Å². The lowest BCUT2D eigenvalue weighted by molar-refractivity contribution is -0.117. The van der Waals surface area contributed by atoms with Crippen LogP contribution in [0.4, 0.5) is 11.4 Å². The van der Waals surface area contributed by atoms with E-state index >= 15 is 0 Å². The largest absolute Gasteiger partial charge is 0.326 e. The van der Waals surface area contributed by atoms with Gasteiger partial charge in [-0.25, -0.2) is 9.67 Å². The molecule has 3 aromatic rings. The second-order valence-corrected chi connectivity index (χ2v) is 7.73. The van der Waals surface area contributed by atoms with Gasteiger partial charge in [0, 0.05) is 29.6 Å². The third-order valence-electron chi connectivity index (χ3n) is 5.16. The molecule has 1 aliphatic carbocycles. The third kappa shape index (κ3) is 4.25. The zero-order chi connectivity index (χ0) is 22.1. The summed E-state index contributed by atoms with van der Waals surface area (Å²) >= 11 is 0. The number of anilines is 2. The van der Waals surface area contributed by atoms with E-state index in [0.29, 0.717) is 29.3 Å². The zero-order valence-corrected chi connectivity index (χ0v) is 17.7. The summed E-state index contributed by atoms with van der Waals surface area (Å²) in [6.07, 6.45) is 2.31. The molecule has 0 bridgehead atoms. The molecule has 1 aromatic carbocycles. The third-order valence-corrected chi connectivity index (χ3v) is 5.16. The quantitative estimate of drug-likeness (QED) is 0.657. The minimum absolute atomic E-state index is 0.169. The monoisotopic (exact) mass is 420 g/mol. The molecule has 9 heteroatoms. The van der Waals surface area contributed by atoms with Gasteiger partial charge in [0.2, 0.25) is 17.8 Å². The van der Waals surface area contributed by atoms with Crippen LogP contribution in [0, 0.1) is 13.8 Å². The van der Waals surface area contributed by atoms with Gasteiger partial charge >= 0.3 is 0 Å². The highest BCUT2D eigenvalue weighted by molar-refractivity contribution is 5.92. The van der Waals surface area contributed by atoms with Crippen molar-refractivity contribution in [1.29, 1.82) is 0 Å². The highest BCUT2D eigenvalue weighted by Crippen LogP contribution is 2.19. The van der Waals surface area contributed by atoms with Crippen LogP contribution in [-0.4, -0.2) is 31.1 Å². The number of aromatic nitrogens is 4. The maximum Gasteiger partial charge on any atom is 0.258 e. The summed E-state index contributed by atoms with van der Waals surface area (Å²) in [6, 6.07) is 8.67. The second-order valence-electron chi connectivity index (χ2n) is 7.73. The molecule has 31 heavy (non-hydrogen) atoms. The number of fused-ring (bicyclic) bond motifs is 1. The second kappa shape index (κ2) is 8.17. The van der Waals surface area contributed by atoms with Gasteiger partial charge in [0.05, 0.1) is 11.4 Å². The Hall–Kier alpha value is -3.75. The topological polar surface area (TPSA) is 111 Å². The molecule has 0 saturated heterocycles. The molecule has 0 spiro atoms. The first-order valence-corrected chi connectivity index (χ1v) is 10.2. The van der Waals surface area contributed by atoms with E-state index in [0.717, 1.165) is 29.9 Å². The Bertz CT molecular complexity index is 1220. The van der Waals surface area contributed by atoms with Crippen molar-refractivity contribution in [2.75, 3.05) is 10.6 Å². The van der Waals surface area contributed by atoms with Crippen molar-refractivity contribution in [2.45, 2.75) is 46.6 Å². The summed E-state index contributed by atoms with van der Waals surface area (Å²) in [5.41, 5.74) is 4.12. The zero-order valence-electron chi connectivity index (χ0n) is 17.7. The van der Waals surface area contributed by atoms with Crippen molar-refractivity contribution < 1.29 is 9.59 Å². The first kappa shape index (κ1) is 20.5. The molecular formula is C22H24N6O3. The number of rotatable bonds is 5. The van der Waals surface area contributed by atoms with Gasteiger partial charge in [-0.05, 0) is 63.4 Å². The number of nitrogens with one attached hydrogen (secondary N) is 2. The van der Waals surface area contributed by atoms with Gasteiger partial charge in [-0.3, -0.25) is 19.0 Å².